The first-order valence-corrected chi connectivity index (χ1v) is 11.1. The Kier molecular flexibility index (Phi) is 8.40. The molecule has 1 aliphatic heterocycles. The highest BCUT2D eigenvalue weighted by molar-refractivity contribution is 6.31. The van der Waals surface area contributed by atoms with Crippen molar-refractivity contribution in [3.8, 4) is 5.88 Å². The number of pyridine rings is 1. The normalized spacial score (nSPS) is 20.6. The topological polar surface area (TPSA) is 78.9 Å². The molecule has 1 saturated heterocycles. The van der Waals surface area contributed by atoms with E-state index in [0.29, 0.717) is 30.0 Å². The molecule has 1 aromatic rings. The Morgan fingerprint density at radius 3 is 2.93 bits per heavy atom. The lowest BCUT2D eigenvalue weighted by Crippen LogP contribution is -2.45. The average Bonchev–Trinajstić information content (AvgIpc) is 3.21. The van der Waals surface area contributed by atoms with Crippen LogP contribution in [-0.2, 0) is 4.79 Å². The summed E-state index contributed by atoms with van der Waals surface area (Å²) in [6, 6.07) is 3.75. The second kappa shape index (κ2) is 11.2. The third-order valence-corrected chi connectivity index (χ3v) is 5.75. The van der Waals surface area contributed by atoms with Gasteiger partial charge in [0.05, 0.1) is 6.54 Å². The monoisotopic (exact) mass is 421 g/mol. The van der Waals surface area contributed by atoms with Gasteiger partial charge < -0.3 is 20.3 Å². The first kappa shape index (κ1) is 21.7. The van der Waals surface area contributed by atoms with E-state index in [2.05, 4.69) is 20.6 Å². The molecule has 29 heavy (non-hydrogen) atoms. The molecule has 1 saturated carbocycles. The van der Waals surface area contributed by atoms with Gasteiger partial charge in [-0.3, -0.25) is 4.79 Å². The SMILES string of the molecule is CCNC(=NCCOc1ncccc1Cl)NC1CCN(C(=O)C2CCCCC2)C1. The van der Waals surface area contributed by atoms with E-state index in [1.165, 1.54) is 19.3 Å². The molecule has 2 N–H and O–H groups in total. The lowest BCUT2D eigenvalue weighted by atomic mass is 9.88. The molecule has 0 aromatic carbocycles. The van der Waals surface area contributed by atoms with E-state index in [9.17, 15) is 4.79 Å². The molecular formula is C21H32ClN5O2. The van der Waals surface area contributed by atoms with E-state index in [-0.39, 0.29) is 12.0 Å². The molecule has 8 heteroatoms. The fourth-order valence-corrected chi connectivity index (χ4v) is 4.15. The van der Waals surface area contributed by atoms with Crippen molar-refractivity contribution in [1.82, 2.24) is 20.5 Å². The number of guanidine groups is 1. The molecule has 0 radical (unpaired) electrons. The summed E-state index contributed by atoms with van der Waals surface area (Å²) in [6.07, 6.45) is 8.35. The minimum absolute atomic E-state index is 0.228. The fraction of sp³-hybridized carbons (Fsp3) is 0.667. The minimum Gasteiger partial charge on any atom is -0.475 e. The molecule has 160 valence electrons. The zero-order valence-electron chi connectivity index (χ0n) is 17.2. The molecule has 0 bridgehead atoms. The molecule has 1 unspecified atom stereocenters. The fourth-order valence-electron chi connectivity index (χ4n) is 3.98. The maximum absolute atomic E-state index is 12.7. The molecule has 1 atom stereocenters. The Morgan fingerprint density at radius 1 is 1.34 bits per heavy atom. The van der Waals surface area contributed by atoms with Crippen LogP contribution in [0.2, 0.25) is 5.02 Å². The first-order chi connectivity index (χ1) is 14.2. The third-order valence-electron chi connectivity index (χ3n) is 5.46. The van der Waals surface area contributed by atoms with Crippen LogP contribution in [0.3, 0.4) is 0 Å². The number of halogens is 1. The quantitative estimate of drug-likeness (QED) is 0.402. The first-order valence-electron chi connectivity index (χ1n) is 10.7. The highest BCUT2D eigenvalue weighted by Gasteiger charge is 2.31. The van der Waals surface area contributed by atoms with Crippen molar-refractivity contribution < 1.29 is 9.53 Å². The summed E-state index contributed by atoms with van der Waals surface area (Å²) in [4.78, 5) is 23.5. The predicted molar refractivity (Wildman–Crippen MR) is 115 cm³/mol. The Hall–Kier alpha value is -2.02. The van der Waals surface area contributed by atoms with E-state index >= 15 is 0 Å². The highest BCUT2D eigenvalue weighted by atomic mass is 35.5. The molecule has 0 spiro atoms. The van der Waals surface area contributed by atoms with Gasteiger partial charge in [-0.15, -0.1) is 0 Å². The van der Waals surface area contributed by atoms with E-state index in [0.717, 1.165) is 44.9 Å². The smallest absolute Gasteiger partial charge is 0.232 e. The summed E-state index contributed by atoms with van der Waals surface area (Å²) in [6.45, 7) is 5.27. The predicted octanol–water partition coefficient (Wildman–Crippen LogP) is 2.85. The summed E-state index contributed by atoms with van der Waals surface area (Å²) >= 11 is 6.04. The number of aliphatic imine (C=N–C) groups is 1. The summed E-state index contributed by atoms with van der Waals surface area (Å²) in [5.41, 5.74) is 0. The van der Waals surface area contributed by atoms with Crippen LogP contribution in [0.4, 0.5) is 0 Å². The molecule has 3 rings (SSSR count). The Morgan fingerprint density at radius 2 is 2.17 bits per heavy atom. The van der Waals surface area contributed by atoms with Crippen molar-refractivity contribution >= 4 is 23.5 Å². The summed E-state index contributed by atoms with van der Waals surface area (Å²) < 4.78 is 5.59. The van der Waals surface area contributed by atoms with Crippen molar-refractivity contribution in [2.75, 3.05) is 32.8 Å². The van der Waals surface area contributed by atoms with E-state index in [1.54, 1.807) is 18.3 Å². The number of aromatic nitrogens is 1. The van der Waals surface area contributed by atoms with Gasteiger partial charge >= 0.3 is 0 Å². The molecule has 2 heterocycles. The number of hydrogen-bond acceptors (Lipinski definition) is 4. The van der Waals surface area contributed by atoms with Gasteiger partial charge in [-0.1, -0.05) is 30.9 Å². The average molecular weight is 422 g/mol. The van der Waals surface area contributed by atoms with Gasteiger partial charge in [-0.25, -0.2) is 9.98 Å². The number of carbonyl (C=O) groups excluding carboxylic acids is 1. The van der Waals surface area contributed by atoms with Crippen LogP contribution in [0, 0.1) is 5.92 Å². The summed E-state index contributed by atoms with van der Waals surface area (Å²) in [5.74, 6) is 1.76. The zero-order chi connectivity index (χ0) is 20.5. The van der Waals surface area contributed by atoms with Crippen LogP contribution >= 0.6 is 11.6 Å². The van der Waals surface area contributed by atoms with Crippen molar-refractivity contribution in [3.05, 3.63) is 23.4 Å². The molecular weight excluding hydrogens is 390 g/mol. The maximum Gasteiger partial charge on any atom is 0.232 e. The van der Waals surface area contributed by atoms with Gasteiger partial charge in [0.15, 0.2) is 5.96 Å². The van der Waals surface area contributed by atoms with E-state index in [4.69, 9.17) is 16.3 Å². The zero-order valence-corrected chi connectivity index (χ0v) is 18.0. The molecule has 7 nitrogen and oxygen atoms in total. The highest BCUT2D eigenvalue weighted by Crippen LogP contribution is 2.26. The van der Waals surface area contributed by atoms with Crippen LogP contribution in [0.5, 0.6) is 5.88 Å². The van der Waals surface area contributed by atoms with Crippen LogP contribution in [-0.4, -0.2) is 60.6 Å². The number of carbonyl (C=O) groups is 1. The van der Waals surface area contributed by atoms with Crippen LogP contribution in [0.1, 0.15) is 45.4 Å². The lowest BCUT2D eigenvalue weighted by molar-refractivity contribution is -0.135. The number of ether oxygens (including phenoxy) is 1. The van der Waals surface area contributed by atoms with E-state index < -0.39 is 0 Å². The molecule has 2 aliphatic rings. The second-order valence-electron chi connectivity index (χ2n) is 7.65. The minimum atomic E-state index is 0.228. The van der Waals surface area contributed by atoms with Gasteiger partial charge in [0, 0.05) is 37.8 Å². The van der Waals surface area contributed by atoms with Crippen molar-refractivity contribution in [2.45, 2.75) is 51.5 Å². The summed E-state index contributed by atoms with van der Waals surface area (Å²) in [5, 5.41) is 7.22. The molecule has 1 aromatic heterocycles. The number of amides is 1. The van der Waals surface area contributed by atoms with Gasteiger partial charge in [-0.05, 0) is 38.3 Å². The number of hydrogen-bond donors (Lipinski definition) is 2. The van der Waals surface area contributed by atoms with Crippen molar-refractivity contribution in [1.29, 1.82) is 0 Å². The standard InChI is InChI=1S/C21H32ClN5O2/c1-2-23-21(25-12-14-29-19-18(22)9-6-11-24-19)26-17-10-13-27(15-17)20(28)16-7-4-3-5-8-16/h6,9,11,16-17H,2-5,7-8,10,12-15H2,1H3,(H2,23,25,26). The van der Waals surface area contributed by atoms with Gasteiger partial charge in [0.1, 0.15) is 11.6 Å². The van der Waals surface area contributed by atoms with Crippen molar-refractivity contribution in [3.63, 3.8) is 0 Å². The molecule has 2 fully saturated rings. The van der Waals surface area contributed by atoms with Crippen LogP contribution < -0.4 is 15.4 Å². The Balaban J connectivity index is 1.45. The second-order valence-corrected chi connectivity index (χ2v) is 8.06. The van der Waals surface area contributed by atoms with Crippen LogP contribution in [0.25, 0.3) is 0 Å². The third kappa shape index (κ3) is 6.49. The number of likely N-dealkylation sites (tertiary alicyclic amines) is 1. The Bertz CT molecular complexity index is 693. The van der Waals surface area contributed by atoms with Crippen molar-refractivity contribution in [2.24, 2.45) is 10.9 Å². The number of rotatable bonds is 7. The molecule has 1 aliphatic carbocycles. The summed E-state index contributed by atoms with van der Waals surface area (Å²) in [7, 11) is 0. The largest absolute Gasteiger partial charge is 0.475 e. The Labute approximate surface area is 178 Å². The van der Waals surface area contributed by atoms with Gasteiger partial charge in [-0.2, -0.15) is 0 Å². The van der Waals surface area contributed by atoms with Crippen LogP contribution in [0.15, 0.2) is 23.3 Å². The lowest BCUT2D eigenvalue weighted by Gasteiger charge is -2.26. The number of nitrogens with zero attached hydrogens (tertiary/aromatic N) is 3. The van der Waals surface area contributed by atoms with E-state index in [1.807, 2.05) is 11.8 Å². The molecule has 1 amide bonds. The number of nitrogens with one attached hydrogen (secondary N) is 2. The van der Waals surface area contributed by atoms with Gasteiger partial charge in [0.2, 0.25) is 11.8 Å². The maximum atomic E-state index is 12.7. The van der Waals surface area contributed by atoms with Gasteiger partial charge in [0.25, 0.3) is 0 Å².